The quantitative estimate of drug-likeness (QED) is 0.584. The van der Waals surface area contributed by atoms with Gasteiger partial charge in [-0.2, -0.15) is 4.31 Å². The van der Waals surface area contributed by atoms with Crippen LogP contribution in [-0.2, 0) is 10.0 Å². The molecule has 0 N–H and O–H groups in total. The molecule has 1 aliphatic rings. The van der Waals surface area contributed by atoms with E-state index in [2.05, 4.69) is 12.1 Å². The third-order valence-electron chi connectivity index (χ3n) is 5.46. The first-order valence-electron chi connectivity index (χ1n) is 9.41. The Bertz CT molecular complexity index is 1040. The van der Waals surface area contributed by atoms with Crippen LogP contribution in [0.15, 0.2) is 89.8 Å². The molecule has 0 bridgehead atoms. The monoisotopic (exact) mass is 411 g/mol. The minimum Gasteiger partial charge on any atom is -0.207 e. The highest BCUT2D eigenvalue weighted by Gasteiger charge is 2.37. The highest BCUT2D eigenvalue weighted by atomic mass is 35.5. The van der Waals surface area contributed by atoms with Crippen LogP contribution in [0.4, 0.5) is 0 Å². The van der Waals surface area contributed by atoms with E-state index in [0.29, 0.717) is 23.0 Å². The van der Waals surface area contributed by atoms with Gasteiger partial charge in [-0.25, -0.2) is 8.42 Å². The van der Waals surface area contributed by atoms with Crippen LogP contribution in [0.2, 0.25) is 5.02 Å². The van der Waals surface area contributed by atoms with E-state index in [4.69, 9.17) is 11.6 Å². The second-order valence-corrected chi connectivity index (χ2v) is 9.52. The highest BCUT2D eigenvalue weighted by Crippen LogP contribution is 2.41. The Morgan fingerprint density at radius 1 is 0.786 bits per heavy atom. The minimum atomic E-state index is -3.52. The van der Waals surface area contributed by atoms with Crippen molar-refractivity contribution in [3.63, 3.8) is 0 Å². The van der Waals surface area contributed by atoms with E-state index >= 15 is 0 Å². The molecule has 5 heteroatoms. The molecule has 0 spiro atoms. The minimum absolute atomic E-state index is 0.0494. The number of nitrogens with zero attached hydrogens (tertiary/aromatic N) is 1. The molecule has 3 aromatic carbocycles. The van der Waals surface area contributed by atoms with Crippen LogP contribution in [0, 0.1) is 0 Å². The molecular weight excluding hydrogens is 390 g/mol. The van der Waals surface area contributed by atoms with Gasteiger partial charge in [0.05, 0.1) is 4.90 Å². The van der Waals surface area contributed by atoms with Crippen LogP contribution in [0.25, 0.3) is 0 Å². The van der Waals surface area contributed by atoms with Crippen LogP contribution in [0.1, 0.15) is 29.4 Å². The topological polar surface area (TPSA) is 37.4 Å². The van der Waals surface area contributed by atoms with Crippen molar-refractivity contribution >= 4 is 21.6 Å². The summed E-state index contributed by atoms with van der Waals surface area (Å²) in [5.41, 5.74) is 2.32. The lowest BCUT2D eigenvalue weighted by Crippen LogP contribution is -2.42. The summed E-state index contributed by atoms with van der Waals surface area (Å²) in [4.78, 5) is 0.345. The maximum atomic E-state index is 13.2. The Hall–Kier alpha value is -2.14. The summed E-state index contributed by atoms with van der Waals surface area (Å²) in [5, 5.41) is 0.673. The Balaban J connectivity index is 1.71. The predicted octanol–water partition coefficient (Wildman–Crippen LogP) is 5.30. The standard InChI is InChI=1S/C23H22ClNO2S/c24-20-11-7-10-19(16-20)23-17-25(28(26,27)21-12-5-2-6-13-21)15-14-22(23)18-8-3-1-4-9-18/h1-13,16,22-23H,14-15,17H2/t22-,23-/m0/s1. The number of hydrogen-bond acceptors (Lipinski definition) is 2. The van der Waals surface area contributed by atoms with Gasteiger partial charge < -0.3 is 0 Å². The molecule has 28 heavy (non-hydrogen) atoms. The van der Waals surface area contributed by atoms with Crippen molar-refractivity contribution in [3.8, 4) is 0 Å². The van der Waals surface area contributed by atoms with Gasteiger partial charge in [0, 0.05) is 24.0 Å². The Kier molecular flexibility index (Phi) is 5.54. The SMILES string of the molecule is O=S(=O)(c1ccccc1)N1CC[C@@H](c2ccccc2)[C@H](c2cccc(Cl)c2)C1. The fourth-order valence-corrected chi connectivity index (χ4v) is 5.76. The molecule has 1 aliphatic heterocycles. The maximum Gasteiger partial charge on any atom is 0.243 e. The van der Waals surface area contributed by atoms with Crippen LogP contribution in [0.3, 0.4) is 0 Å². The summed E-state index contributed by atoms with van der Waals surface area (Å²) in [6, 6.07) is 26.8. The number of hydrogen-bond donors (Lipinski definition) is 0. The number of rotatable bonds is 4. The first-order valence-corrected chi connectivity index (χ1v) is 11.2. The van der Waals surface area contributed by atoms with Gasteiger partial charge in [0.15, 0.2) is 0 Å². The third-order valence-corrected chi connectivity index (χ3v) is 7.58. The third kappa shape index (κ3) is 3.86. The van der Waals surface area contributed by atoms with Gasteiger partial charge in [-0.3, -0.25) is 0 Å². The molecule has 1 saturated heterocycles. The van der Waals surface area contributed by atoms with Crippen molar-refractivity contribution in [3.05, 3.63) is 101 Å². The summed E-state index contributed by atoms with van der Waals surface area (Å²) < 4.78 is 28.0. The largest absolute Gasteiger partial charge is 0.243 e. The number of sulfonamides is 1. The van der Waals surface area contributed by atoms with Crippen molar-refractivity contribution in [1.29, 1.82) is 0 Å². The van der Waals surface area contributed by atoms with E-state index in [1.807, 2.05) is 48.5 Å². The summed E-state index contributed by atoms with van der Waals surface area (Å²) in [5.74, 6) is 0.301. The van der Waals surface area contributed by atoms with Crippen molar-refractivity contribution in [2.45, 2.75) is 23.2 Å². The van der Waals surface area contributed by atoms with Gasteiger partial charge in [-0.1, -0.05) is 72.3 Å². The smallest absolute Gasteiger partial charge is 0.207 e. The van der Waals surface area contributed by atoms with E-state index in [0.717, 1.165) is 12.0 Å². The highest BCUT2D eigenvalue weighted by molar-refractivity contribution is 7.89. The van der Waals surface area contributed by atoms with Gasteiger partial charge in [0.1, 0.15) is 0 Å². The summed E-state index contributed by atoms with van der Waals surface area (Å²) >= 11 is 6.25. The molecule has 0 saturated carbocycles. The molecule has 1 fully saturated rings. The Morgan fingerprint density at radius 3 is 2.11 bits per heavy atom. The zero-order valence-electron chi connectivity index (χ0n) is 15.4. The average Bonchev–Trinajstić information content (AvgIpc) is 2.74. The zero-order chi connectivity index (χ0) is 19.6. The molecule has 3 aromatic rings. The van der Waals surface area contributed by atoms with Gasteiger partial charge >= 0.3 is 0 Å². The summed E-state index contributed by atoms with van der Waals surface area (Å²) in [7, 11) is -3.52. The number of piperidine rings is 1. The van der Waals surface area contributed by atoms with Crippen LogP contribution in [0.5, 0.6) is 0 Å². The Morgan fingerprint density at radius 2 is 1.43 bits per heavy atom. The number of benzene rings is 3. The fourth-order valence-electron chi connectivity index (χ4n) is 4.06. The lowest BCUT2D eigenvalue weighted by Gasteiger charge is -2.38. The van der Waals surface area contributed by atoms with Gasteiger partial charge in [-0.15, -0.1) is 0 Å². The van der Waals surface area contributed by atoms with Crippen molar-refractivity contribution < 1.29 is 8.42 Å². The Labute approximate surface area is 171 Å². The van der Waals surface area contributed by atoms with E-state index in [9.17, 15) is 8.42 Å². The second kappa shape index (κ2) is 8.08. The van der Waals surface area contributed by atoms with E-state index in [1.54, 1.807) is 28.6 Å². The second-order valence-electron chi connectivity index (χ2n) is 7.14. The van der Waals surface area contributed by atoms with Crippen molar-refractivity contribution in [2.24, 2.45) is 0 Å². The molecule has 144 valence electrons. The zero-order valence-corrected chi connectivity index (χ0v) is 17.0. The molecule has 0 unspecified atom stereocenters. The molecule has 0 radical (unpaired) electrons. The van der Waals surface area contributed by atoms with Gasteiger partial charge in [0.25, 0.3) is 0 Å². The van der Waals surface area contributed by atoms with E-state index < -0.39 is 10.0 Å². The predicted molar refractivity (Wildman–Crippen MR) is 113 cm³/mol. The van der Waals surface area contributed by atoms with Crippen molar-refractivity contribution in [2.75, 3.05) is 13.1 Å². The van der Waals surface area contributed by atoms with Crippen LogP contribution in [-0.4, -0.2) is 25.8 Å². The first kappa shape index (κ1) is 19.2. The first-order chi connectivity index (χ1) is 13.6. The normalized spacial score (nSPS) is 20.8. The lowest BCUT2D eigenvalue weighted by molar-refractivity contribution is 0.285. The average molecular weight is 412 g/mol. The maximum absolute atomic E-state index is 13.2. The summed E-state index contributed by atoms with van der Waals surface area (Å²) in [6.45, 7) is 0.949. The van der Waals surface area contributed by atoms with E-state index in [1.165, 1.54) is 5.56 Å². The number of halogens is 1. The molecule has 4 rings (SSSR count). The molecular formula is C23H22ClNO2S. The molecule has 0 amide bonds. The molecule has 0 aliphatic carbocycles. The van der Waals surface area contributed by atoms with E-state index in [-0.39, 0.29) is 11.8 Å². The lowest BCUT2D eigenvalue weighted by atomic mass is 9.77. The van der Waals surface area contributed by atoms with Crippen LogP contribution < -0.4 is 0 Å². The molecule has 2 atom stereocenters. The molecule has 0 aromatic heterocycles. The summed E-state index contributed by atoms with van der Waals surface area (Å²) in [6.07, 6.45) is 0.771. The molecule has 3 nitrogen and oxygen atoms in total. The van der Waals surface area contributed by atoms with Gasteiger partial charge in [0.2, 0.25) is 10.0 Å². The van der Waals surface area contributed by atoms with Gasteiger partial charge in [-0.05, 0) is 47.7 Å². The van der Waals surface area contributed by atoms with Crippen LogP contribution >= 0.6 is 11.6 Å². The fraction of sp³-hybridized carbons (Fsp3) is 0.217. The van der Waals surface area contributed by atoms with Crippen molar-refractivity contribution in [1.82, 2.24) is 4.31 Å². The molecule has 1 heterocycles.